The molecule has 0 spiro atoms. The first-order valence-corrected chi connectivity index (χ1v) is 7.03. The summed E-state index contributed by atoms with van der Waals surface area (Å²) >= 11 is 0. The smallest absolute Gasteiger partial charge is 0.325 e. The highest BCUT2D eigenvalue weighted by Crippen LogP contribution is 3.01. The molecule has 0 atom stereocenters. The highest BCUT2D eigenvalue weighted by molar-refractivity contribution is 8.45. The van der Waals surface area contributed by atoms with E-state index in [-0.39, 0.29) is 11.9 Å². The van der Waals surface area contributed by atoms with Crippen LogP contribution >= 0.6 is 10.2 Å². The Balaban J connectivity index is 2.37. The van der Waals surface area contributed by atoms with Crippen LogP contribution in [0.25, 0.3) is 0 Å². The molecule has 2 aromatic rings. The molecule has 0 fully saturated rings. The summed E-state index contributed by atoms with van der Waals surface area (Å²) in [7, 11) is -9.74. The van der Waals surface area contributed by atoms with Gasteiger partial charge in [-0.25, -0.2) is 4.98 Å². The van der Waals surface area contributed by atoms with Crippen molar-refractivity contribution in [3.05, 3.63) is 48.5 Å². The third kappa shape index (κ3) is 3.57. The third-order valence-corrected chi connectivity index (χ3v) is 3.18. The predicted octanol–water partition coefficient (Wildman–Crippen LogP) is 5.48. The molecule has 0 radical (unpaired) electrons. The molecule has 104 valence electrons. The molecule has 1 aromatic heterocycles. The van der Waals surface area contributed by atoms with Crippen LogP contribution in [0, 0.1) is 0 Å². The number of nitrogens with one attached hydrogen (secondary N) is 1. The van der Waals surface area contributed by atoms with Gasteiger partial charge in [0.25, 0.3) is 0 Å². The summed E-state index contributed by atoms with van der Waals surface area (Å²) in [5.74, 6) is -0.294. The summed E-state index contributed by atoms with van der Waals surface area (Å²) in [5, 5.41) is 0.373. The first-order valence-electron chi connectivity index (χ1n) is 5.08. The minimum absolute atomic E-state index is 0.262. The molecule has 0 saturated carbocycles. The second-order valence-electron chi connectivity index (χ2n) is 3.82. The van der Waals surface area contributed by atoms with E-state index in [1.807, 2.05) is 0 Å². The summed E-state index contributed by atoms with van der Waals surface area (Å²) < 4.78 is 62.9. The van der Waals surface area contributed by atoms with Gasteiger partial charge in [-0.2, -0.15) is 0 Å². The van der Waals surface area contributed by atoms with E-state index in [4.69, 9.17) is 0 Å². The van der Waals surface area contributed by atoms with Gasteiger partial charge in [0.15, 0.2) is 5.03 Å². The number of anilines is 2. The Morgan fingerprint density at radius 2 is 1.42 bits per heavy atom. The molecule has 0 unspecified atom stereocenters. The molecule has 2 rings (SSSR count). The number of nitrogens with zero attached hydrogens (tertiary/aromatic N) is 1. The molecule has 0 saturated heterocycles. The molecule has 1 aromatic carbocycles. The molecule has 1 heterocycles. The van der Waals surface area contributed by atoms with E-state index in [1.54, 1.807) is 30.3 Å². The van der Waals surface area contributed by atoms with Crippen LogP contribution in [0.2, 0.25) is 0 Å². The minimum Gasteiger partial charge on any atom is -0.340 e. The monoisotopic (exact) mass is 296 g/mol. The van der Waals surface area contributed by atoms with Crippen LogP contribution in [0.3, 0.4) is 0 Å². The van der Waals surface area contributed by atoms with E-state index in [2.05, 4.69) is 10.3 Å². The molecule has 1 N–H and O–H groups in total. The lowest BCUT2D eigenvalue weighted by molar-refractivity contribution is 0.358. The van der Waals surface area contributed by atoms with Crippen molar-refractivity contribution in [2.45, 2.75) is 5.03 Å². The highest BCUT2D eigenvalue weighted by atomic mass is 32.5. The quantitative estimate of drug-likeness (QED) is 0.758. The van der Waals surface area contributed by atoms with Gasteiger partial charge >= 0.3 is 10.2 Å². The maximum Gasteiger partial charge on any atom is 0.325 e. The van der Waals surface area contributed by atoms with Crippen molar-refractivity contribution in [3.63, 3.8) is 0 Å². The van der Waals surface area contributed by atoms with E-state index < -0.39 is 15.3 Å². The Morgan fingerprint density at radius 1 is 0.789 bits per heavy atom. The number of benzene rings is 1. The van der Waals surface area contributed by atoms with Crippen LogP contribution < -0.4 is 5.32 Å². The molecule has 0 aliphatic carbocycles. The zero-order valence-electron chi connectivity index (χ0n) is 9.36. The standard InChI is InChI=1S/C11H9F5N2S/c12-19(13,14,15,16)11-8-4-7-10(18-11)17-9-5-2-1-3-6-9/h1-8H,(H,17,18). The van der Waals surface area contributed by atoms with Crippen molar-refractivity contribution < 1.29 is 19.4 Å². The van der Waals surface area contributed by atoms with Gasteiger partial charge in [0.05, 0.1) is 0 Å². The SMILES string of the molecule is FS(F)(F)(F)(F)c1cccc(Nc2ccccc2)n1. The molecular weight excluding hydrogens is 287 g/mol. The zero-order chi connectivity index (χ0) is 14.2. The summed E-state index contributed by atoms with van der Waals surface area (Å²) in [4.78, 5) is 2.95. The Bertz CT molecular complexity index is 597. The second kappa shape index (κ2) is 3.60. The van der Waals surface area contributed by atoms with Crippen molar-refractivity contribution in [2.75, 3.05) is 5.32 Å². The van der Waals surface area contributed by atoms with Gasteiger partial charge in [0, 0.05) is 5.69 Å². The Morgan fingerprint density at radius 3 is 2.00 bits per heavy atom. The van der Waals surface area contributed by atoms with Crippen molar-refractivity contribution >= 4 is 21.7 Å². The number of pyridine rings is 1. The summed E-state index contributed by atoms with van der Waals surface area (Å²) in [6.45, 7) is 0. The van der Waals surface area contributed by atoms with Gasteiger partial charge in [0.2, 0.25) is 0 Å². The molecule has 8 heteroatoms. The van der Waals surface area contributed by atoms with E-state index in [9.17, 15) is 19.4 Å². The van der Waals surface area contributed by atoms with Gasteiger partial charge in [-0.15, -0.1) is 0 Å². The topological polar surface area (TPSA) is 24.9 Å². The van der Waals surface area contributed by atoms with E-state index in [1.165, 1.54) is 6.07 Å². The van der Waals surface area contributed by atoms with Crippen molar-refractivity contribution in [2.24, 2.45) is 0 Å². The van der Waals surface area contributed by atoms with E-state index >= 15 is 0 Å². The molecule has 0 aliphatic rings. The number of halogens is 5. The minimum atomic E-state index is -9.74. The zero-order valence-corrected chi connectivity index (χ0v) is 10.2. The van der Waals surface area contributed by atoms with Crippen LogP contribution in [0.15, 0.2) is 53.6 Å². The molecule has 19 heavy (non-hydrogen) atoms. The Kier molecular flexibility index (Phi) is 2.57. The second-order valence-corrected chi connectivity index (χ2v) is 6.18. The van der Waals surface area contributed by atoms with Crippen molar-refractivity contribution in [3.8, 4) is 0 Å². The lowest BCUT2D eigenvalue weighted by atomic mass is 10.3. The molecule has 0 bridgehead atoms. The van der Waals surface area contributed by atoms with Gasteiger partial charge in [-0.1, -0.05) is 43.7 Å². The van der Waals surface area contributed by atoms with Crippen LogP contribution in [0.5, 0.6) is 0 Å². The first kappa shape index (κ1) is 13.6. The maximum atomic E-state index is 12.6. The number of aromatic nitrogens is 1. The average molecular weight is 296 g/mol. The van der Waals surface area contributed by atoms with Gasteiger partial charge < -0.3 is 5.32 Å². The van der Waals surface area contributed by atoms with E-state index in [0.717, 1.165) is 6.07 Å². The Hall–Kier alpha value is -1.83. The fourth-order valence-electron chi connectivity index (χ4n) is 1.37. The van der Waals surface area contributed by atoms with Crippen LogP contribution in [-0.4, -0.2) is 4.98 Å². The normalized spacial score (nSPS) is 15.4. The fourth-order valence-corrected chi connectivity index (χ4v) is 1.98. The summed E-state index contributed by atoms with van der Waals surface area (Å²) in [6.07, 6.45) is 0. The molecule has 0 aliphatic heterocycles. The number of hydrogen-bond acceptors (Lipinski definition) is 2. The number of hydrogen-bond donors (Lipinski definition) is 1. The molecular formula is C11H9F5N2S. The average Bonchev–Trinajstić information content (AvgIpc) is 2.28. The summed E-state index contributed by atoms with van der Waals surface area (Å²) in [5.41, 5.74) is 0.453. The molecule has 2 nitrogen and oxygen atoms in total. The first-order chi connectivity index (χ1) is 8.54. The predicted molar refractivity (Wildman–Crippen MR) is 65.4 cm³/mol. The molecule has 0 amide bonds. The van der Waals surface area contributed by atoms with Crippen LogP contribution in [0.1, 0.15) is 0 Å². The van der Waals surface area contributed by atoms with Crippen molar-refractivity contribution in [1.29, 1.82) is 0 Å². The van der Waals surface area contributed by atoms with Gasteiger partial charge in [-0.3, -0.25) is 0 Å². The fraction of sp³-hybridized carbons (Fsp3) is 0. The van der Waals surface area contributed by atoms with E-state index in [0.29, 0.717) is 5.69 Å². The van der Waals surface area contributed by atoms with Crippen LogP contribution in [0.4, 0.5) is 30.9 Å². The maximum absolute atomic E-state index is 12.6. The van der Waals surface area contributed by atoms with Gasteiger partial charge in [-0.05, 0) is 24.3 Å². The lowest BCUT2D eigenvalue weighted by Crippen LogP contribution is -2.09. The van der Waals surface area contributed by atoms with Crippen molar-refractivity contribution in [1.82, 2.24) is 4.98 Å². The highest BCUT2D eigenvalue weighted by Gasteiger charge is 2.67. The lowest BCUT2D eigenvalue weighted by Gasteiger charge is -2.39. The number of para-hydroxylation sites is 1. The largest absolute Gasteiger partial charge is 0.340 e. The summed E-state index contributed by atoms with van der Waals surface area (Å²) in [6, 6.07) is 10.5. The number of rotatable bonds is 3. The van der Waals surface area contributed by atoms with Crippen LogP contribution in [-0.2, 0) is 0 Å². The van der Waals surface area contributed by atoms with Gasteiger partial charge in [0.1, 0.15) is 5.82 Å². The Labute approximate surface area is 106 Å². The third-order valence-electron chi connectivity index (χ3n) is 2.16.